The molecule has 1 heterocycles. The monoisotopic (exact) mass is 236 g/mol. The highest BCUT2D eigenvalue weighted by atomic mass is 16.5. The third-order valence-electron chi connectivity index (χ3n) is 2.21. The number of H-pyrrole nitrogens is 1. The Bertz CT molecular complexity index is 579. The Morgan fingerprint density at radius 3 is 2.94 bits per heavy atom. The van der Waals surface area contributed by atoms with Gasteiger partial charge in [0.15, 0.2) is 11.5 Å². The van der Waals surface area contributed by atoms with Crippen molar-refractivity contribution in [3.8, 4) is 11.5 Å². The molecular weight excluding hydrogens is 224 g/mol. The van der Waals surface area contributed by atoms with E-state index in [9.17, 15) is 4.79 Å². The van der Waals surface area contributed by atoms with E-state index < -0.39 is 0 Å². The van der Waals surface area contributed by atoms with Crippen LogP contribution in [-0.2, 0) is 0 Å². The highest BCUT2D eigenvalue weighted by Gasteiger charge is 2.08. The Morgan fingerprint density at radius 2 is 2.24 bits per heavy atom. The molecule has 2 rings (SSSR count). The van der Waals surface area contributed by atoms with Gasteiger partial charge in [-0.3, -0.25) is 4.79 Å². The van der Waals surface area contributed by atoms with Crippen LogP contribution in [0.4, 0.5) is 0 Å². The molecule has 0 radical (unpaired) electrons. The molecule has 0 aliphatic rings. The van der Waals surface area contributed by atoms with E-state index in [1.54, 1.807) is 12.1 Å². The molecule has 0 spiro atoms. The van der Waals surface area contributed by atoms with Crippen LogP contribution in [0, 0.1) is 0 Å². The van der Waals surface area contributed by atoms with Crippen molar-refractivity contribution in [1.82, 2.24) is 9.97 Å². The summed E-state index contributed by atoms with van der Waals surface area (Å²) in [7, 11) is 1.50. The fourth-order valence-electron chi connectivity index (χ4n) is 1.48. The van der Waals surface area contributed by atoms with Crippen LogP contribution in [0.1, 0.15) is 0 Å². The van der Waals surface area contributed by atoms with Crippen molar-refractivity contribution in [3.05, 3.63) is 28.7 Å². The summed E-state index contributed by atoms with van der Waals surface area (Å²) >= 11 is 0. The van der Waals surface area contributed by atoms with Crippen molar-refractivity contribution < 1.29 is 14.6 Å². The zero-order chi connectivity index (χ0) is 12.3. The van der Waals surface area contributed by atoms with E-state index >= 15 is 0 Å². The molecule has 0 aliphatic heterocycles. The number of benzene rings is 1. The van der Waals surface area contributed by atoms with Gasteiger partial charge in [0, 0.05) is 12.1 Å². The zero-order valence-electron chi connectivity index (χ0n) is 9.27. The molecule has 17 heavy (non-hydrogen) atoms. The summed E-state index contributed by atoms with van der Waals surface area (Å²) in [5, 5.41) is 8.71. The molecule has 0 unspecified atom stereocenters. The second-order valence-corrected chi connectivity index (χ2v) is 3.34. The first kappa shape index (κ1) is 11.4. The number of hydrogen-bond acceptors (Lipinski definition) is 5. The maximum atomic E-state index is 11.1. The number of aliphatic hydroxyl groups is 1. The second-order valence-electron chi connectivity index (χ2n) is 3.34. The van der Waals surface area contributed by atoms with E-state index in [1.165, 1.54) is 13.3 Å². The van der Waals surface area contributed by atoms with Gasteiger partial charge in [0.1, 0.15) is 6.61 Å². The van der Waals surface area contributed by atoms with E-state index in [4.69, 9.17) is 14.6 Å². The minimum absolute atomic E-state index is 0.0831. The normalized spacial score (nSPS) is 10.5. The SMILES string of the molecule is COc1cc2[nH]c(=O)cnc2cc1OCCO. The first-order valence-electron chi connectivity index (χ1n) is 5.05. The fraction of sp³-hybridized carbons (Fsp3) is 0.273. The highest BCUT2D eigenvalue weighted by molar-refractivity contribution is 5.78. The number of methoxy groups -OCH3 is 1. The van der Waals surface area contributed by atoms with E-state index in [1.807, 2.05) is 0 Å². The number of aromatic amines is 1. The van der Waals surface area contributed by atoms with Crippen LogP contribution < -0.4 is 15.0 Å². The third kappa shape index (κ3) is 2.36. The van der Waals surface area contributed by atoms with Gasteiger partial charge >= 0.3 is 0 Å². The van der Waals surface area contributed by atoms with Gasteiger partial charge in [-0.25, -0.2) is 4.98 Å². The molecular formula is C11H12N2O4. The standard InChI is InChI=1S/C11H12N2O4/c1-16-9-5-8-7(12-6-11(15)13-8)4-10(9)17-3-2-14/h4-6,14H,2-3H2,1H3,(H,13,15). The number of aromatic nitrogens is 2. The van der Waals surface area contributed by atoms with Crippen molar-refractivity contribution in [1.29, 1.82) is 0 Å². The molecule has 6 nitrogen and oxygen atoms in total. The number of ether oxygens (including phenoxy) is 2. The predicted octanol–water partition coefficient (Wildman–Crippen LogP) is 0.303. The van der Waals surface area contributed by atoms with Gasteiger partial charge in [-0.2, -0.15) is 0 Å². The lowest BCUT2D eigenvalue weighted by Crippen LogP contribution is -2.06. The largest absolute Gasteiger partial charge is 0.493 e. The Labute approximate surface area is 96.8 Å². The van der Waals surface area contributed by atoms with Crippen LogP contribution in [0.25, 0.3) is 11.0 Å². The van der Waals surface area contributed by atoms with Gasteiger partial charge in [0.2, 0.25) is 0 Å². The van der Waals surface area contributed by atoms with Crippen molar-refractivity contribution in [2.75, 3.05) is 20.3 Å². The number of rotatable bonds is 4. The summed E-state index contributed by atoms with van der Waals surface area (Å²) in [6.45, 7) is 0.0888. The molecule has 0 fully saturated rings. The Hall–Kier alpha value is -2.08. The topological polar surface area (TPSA) is 84.4 Å². The minimum Gasteiger partial charge on any atom is -0.493 e. The average molecular weight is 236 g/mol. The van der Waals surface area contributed by atoms with Gasteiger partial charge in [-0.1, -0.05) is 0 Å². The Kier molecular flexibility index (Phi) is 3.24. The van der Waals surface area contributed by atoms with Crippen molar-refractivity contribution in [2.45, 2.75) is 0 Å². The van der Waals surface area contributed by atoms with Crippen LogP contribution in [-0.4, -0.2) is 35.4 Å². The number of nitrogens with zero attached hydrogens (tertiary/aromatic N) is 1. The molecule has 0 amide bonds. The van der Waals surface area contributed by atoms with Crippen LogP contribution >= 0.6 is 0 Å². The third-order valence-corrected chi connectivity index (χ3v) is 2.21. The number of hydrogen-bond donors (Lipinski definition) is 2. The molecule has 0 aliphatic carbocycles. The van der Waals surface area contributed by atoms with E-state index in [0.29, 0.717) is 22.5 Å². The van der Waals surface area contributed by atoms with E-state index in [2.05, 4.69) is 9.97 Å². The predicted molar refractivity (Wildman–Crippen MR) is 61.5 cm³/mol. The smallest absolute Gasteiger partial charge is 0.266 e. The Balaban J connectivity index is 2.52. The molecule has 2 N–H and O–H groups in total. The van der Waals surface area contributed by atoms with E-state index in [0.717, 1.165) is 0 Å². The fourth-order valence-corrected chi connectivity index (χ4v) is 1.48. The van der Waals surface area contributed by atoms with Gasteiger partial charge in [0.25, 0.3) is 5.56 Å². The maximum absolute atomic E-state index is 11.1. The lowest BCUT2D eigenvalue weighted by molar-refractivity contribution is 0.196. The zero-order valence-corrected chi connectivity index (χ0v) is 9.27. The van der Waals surface area contributed by atoms with Gasteiger partial charge in [-0.05, 0) is 0 Å². The molecule has 0 saturated carbocycles. The molecule has 1 aromatic carbocycles. The van der Waals surface area contributed by atoms with Crippen LogP contribution in [0.5, 0.6) is 11.5 Å². The molecule has 0 bridgehead atoms. The lowest BCUT2D eigenvalue weighted by atomic mass is 10.2. The second kappa shape index (κ2) is 4.84. The number of fused-ring (bicyclic) bond motifs is 1. The summed E-state index contributed by atoms with van der Waals surface area (Å²) in [6, 6.07) is 3.29. The maximum Gasteiger partial charge on any atom is 0.266 e. The summed E-state index contributed by atoms with van der Waals surface area (Å²) in [4.78, 5) is 17.7. The number of aliphatic hydroxyl groups excluding tert-OH is 1. The lowest BCUT2D eigenvalue weighted by Gasteiger charge is -2.10. The quantitative estimate of drug-likeness (QED) is 0.797. The molecule has 0 atom stereocenters. The molecule has 2 aromatic rings. The summed E-state index contributed by atoms with van der Waals surface area (Å²) in [6.07, 6.45) is 1.20. The first-order chi connectivity index (χ1) is 8.24. The van der Waals surface area contributed by atoms with Gasteiger partial charge < -0.3 is 19.6 Å². The van der Waals surface area contributed by atoms with Crippen molar-refractivity contribution in [3.63, 3.8) is 0 Å². The minimum atomic E-state index is -0.274. The average Bonchev–Trinajstić information content (AvgIpc) is 2.35. The molecule has 1 aromatic heterocycles. The van der Waals surface area contributed by atoms with Gasteiger partial charge in [-0.15, -0.1) is 0 Å². The molecule has 90 valence electrons. The number of nitrogens with one attached hydrogen (secondary N) is 1. The Morgan fingerprint density at radius 1 is 1.41 bits per heavy atom. The van der Waals surface area contributed by atoms with Gasteiger partial charge in [0.05, 0.1) is 30.9 Å². The van der Waals surface area contributed by atoms with Crippen LogP contribution in [0.3, 0.4) is 0 Å². The van der Waals surface area contributed by atoms with E-state index in [-0.39, 0.29) is 18.8 Å². The first-order valence-corrected chi connectivity index (χ1v) is 5.05. The van der Waals surface area contributed by atoms with Crippen LogP contribution in [0.2, 0.25) is 0 Å². The highest BCUT2D eigenvalue weighted by Crippen LogP contribution is 2.30. The van der Waals surface area contributed by atoms with Crippen molar-refractivity contribution >= 4 is 11.0 Å². The summed E-state index contributed by atoms with van der Waals surface area (Å²) in [5.74, 6) is 0.961. The molecule has 6 heteroatoms. The van der Waals surface area contributed by atoms with Crippen LogP contribution in [0.15, 0.2) is 23.1 Å². The van der Waals surface area contributed by atoms with Crippen molar-refractivity contribution in [2.24, 2.45) is 0 Å². The summed E-state index contributed by atoms with van der Waals surface area (Å²) < 4.78 is 10.4. The molecule has 0 saturated heterocycles. The summed E-state index contributed by atoms with van der Waals surface area (Å²) in [5.41, 5.74) is 0.896.